The van der Waals surface area contributed by atoms with E-state index in [1.165, 1.54) is 0 Å². The smallest absolute Gasteiger partial charge is 0.114 e. The summed E-state index contributed by atoms with van der Waals surface area (Å²) < 4.78 is 0. The van der Waals surface area contributed by atoms with E-state index in [1.54, 1.807) is 0 Å². The largest absolute Gasteiger partial charge is 0.380 e. The van der Waals surface area contributed by atoms with Crippen molar-refractivity contribution in [1.82, 2.24) is 4.90 Å². The van der Waals surface area contributed by atoms with Crippen LogP contribution < -0.4 is 0 Å². The highest BCUT2D eigenvalue weighted by molar-refractivity contribution is 5.56. The molecule has 2 unspecified atom stereocenters. The third-order valence-electron chi connectivity index (χ3n) is 4.35. The summed E-state index contributed by atoms with van der Waals surface area (Å²) in [5, 5.41) is 11.6. The summed E-state index contributed by atoms with van der Waals surface area (Å²) in [4.78, 5) is 2.12. The van der Waals surface area contributed by atoms with Gasteiger partial charge in [0.25, 0.3) is 0 Å². The second-order valence-electron chi connectivity index (χ2n) is 6.53. The van der Waals surface area contributed by atoms with Crippen molar-refractivity contribution in [3.63, 3.8) is 0 Å². The van der Waals surface area contributed by atoms with Gasteiger partial charge in [-0.3, -0.25) is 0 Å². The van der Waals surface area contributed by atoms with Gasteiger partial charge < -0.3 is 10.0 Å². The lowest BCUT2D eigenvalue weighted by molar-refractivity contribution is 0.0105. The second-order valence-corrected chi connectivity index (χ2v) is 6.53. The third-order valence-corrected chi connectivity index (χ3v) is 4.35. The second kappa shape index (κ2) is 7.58. The van der Waals surface area contributed by atoms with Crippen molar-refractivity contribution >= 4 is 6.08 Å². The molecule has 0 aliphatic heterocycles. The maximum Gasteiger partial charge on any atom is 0.114 e. The maximum absolute atomic E-state index is 11.6. The minimum atomic E-state index is -0.985. The van der Waals surface area contributed by atoms with Crippen molar-refractivity contribution in [2.24, 2.45) is 5.92 Å². The quantitative estimate of drug-likeness (QED) is 0.865. The average molecular weight is 309 g/mol. The first-order chi connectivity index (χ1) is 10.9. The van der Waals surface area contributed by atoms with Crippen LogP contribution in [0.3, 0.4) is 0 Å². The molecule has 1 N–H and O–H groups in total. The summed E-state index contributed by atoms with van der Waals surface area (Å²) in [6, 6.07) is 20.1. The van der Waals surface area contributed by atoms with Crippen LogP contribution >= 0.6 is 0 Å². The van der Waals surface area contributed by atoms with Crippen LogP contribution in [-0.4, -0.2) is 30.6 Å². The highest BCUT2D eigenvalue weighted by Gasteiger charge is 2.37. The van der Waals surface area contributed by atoms with Gasteiger partial charge in [-0.05, 0) is 37.7 Å². The molecule has 0 bridgehead atoms. The number of hydrogen-bond acceptors (Lipinski definition) is 2. The maximum atomic E-state index is 11.6. The van der Waals surface area contributed by atoms with E-state index in [0.29, 0.717) is 0 Å². The van der Waals surface area contributed by atoms with Gasteiger partial charge in [-0.1, -0.05) is 73.7 Å². The predicted octanol–water partition coefficient (Wildman–Crippen LogP) is 4.18. The highest BCUT2D eigenvalue weighted by atomic mass is 16.3. The van der Waals surface area contributed by atoms with Gasteiger partial charge in [0.15, 0.2) is 0 Å². The molecule has 2 atom stereocenters. The van der Waals surface area contributed by atoms with Crippen LogP contribution in [0.4, 0.5) is 0 Å². The Morgan fingerprint density at radius 1 is 1.04 bits per heavy atom. The lowest BCUT2D eigenvalue weighted by Gasteiger charge is -2.37. The summed E-state index contributed by atoms with van der Waals surface area (Å²) in [5.41, 5.74) is 2.03. The van der Waals surface area contributed by atoms with Gasteiger partial charge in [0.1, 0.15) is 5.60 Å². The van der Waals surface area contributed by atoms with Crippen LogP contribution in [0.2, 0.25) is 0 Å². The zero-order valence-corrected chi connectivity index (χ0v) is 14.5. The Morgan fingerprint density at radius 2 is 1.57 bits per heavy atom. The fraction of sp³-hybridized carbons (Fsp3) is 0.333. The van der Waals surface area contributed by atoms with Gasteiger partial charge in [-0.15, -0.1) is 0 Å². The number of benzene rings is 2. The molecule has 0 aliphatic carbocycles. The molecule has 0 aromatic heterocycles. The van der Waals surface area contributed by atoms with Crippen molar-refractivity contribution in [2.75, 3.05) is 20.6 Å². The van der Waals surface area contributed by atoms with E-state index in [4.69, 9.17) is 0 Å². The number of rotatable bonds is 6. The first-order valence-electron chi connectivity index (χ1n) is 8.11. The Morgan fingerprint density at radius 3 is 2.09 bits per heavy atom. The summed E-state index contributed by atoms with van der Waals surface area (Å²) in [7, 11) is 4.08. The van der Waals surface area contributed by atoms with Crippen LogP contribution in [0.1, 0.15) is 25.0 Å². The fourth-order valence-electron chi connectivity index (χ4n) is 3.18. The van der Waals surface area contributed by atoms with Crippen molar-refractivity contribution in [3.8, 4) is 0 Å². The number of hydrogen-bond donors (Lipinski definition) is 1. The molecular formula is C21H27NO. The summed E-state index contributed by atoms with van der Waals surface area (Å²) >= 11 is 0. The van der Waals surface area contributed by atoms with E-state index in [9.17, 15) is 5.11 Å². The lowest BCUT2D eigenvalue weighted by atomic mass is 9.76. The Balaban J connectivity index is 2.47. The Labute approximate surface area is 140 Å². The molecule has 2 aromatic rings. The topological polar surface area (TPSA) is 23.5 Å². The van der Waals surface area contributed by atoms with Gasteiger partial charge in [-0.25, -0.2) is 0 Å². The number of aliphatic hydroxyl groups is 1. The standard InChI is InChI=1S/C21H27NO/c1-17(15-19-11-7-5-8-12-19)21(23,18(2)16-22(3)4)20-13-9-6-10-14-20/h5-15,18,23H,16H2,1-4H3. The predicted molar refractivity (Wildman–Crippen MR) is 98.1 cm³/mol. The van der Waals surface area contributed by atoms with Gasteiger partial charge in [0, 0.05) is 12.5 Å². The summed E-state index contributed by atoms with van der Waals surface area (Å²) in [5.74, 6) is 0.0693. The van der Waals surface area contributed by atoms with E-state index in [-0.39, 0.29) is 5.92 Å². The molecule has 2 nitrogen and oxygen atoms in total. The summed E-state index contributed by atoms with van der Waals surface area (Å²) in [6.45, 7) is 4.94. The average Bonchev–Trinajstić information content (AvgIpc) is 2.55. The van der Waals surface area contributed by atoms with E-state index >= 15 is 0 Å². The first kappa shape index (κ1) is 17.5. The molecule has 0 spiro atoms. The zero-order valence-electron chi connectivity index (χ0n) is 14.5. The summed E-state index contributed by atoms with van der Waals surface area (Å²) in [6.07, 6.45) is 2.08. The molecule has 0 saturated carbocycles. The molecule has 23 heavy (non-hydrogen) atoms. The molecular weight excluding hydrogens is 282 g/mol. The highest BCUT2D eigenvalue weighted by Crippen LogP contribution is 2.38. The van der Waals surface area contributed by atoms with Gasteiger partial charge >= 0.3 is 0 Å². The van der Waals surface area contributed by atoms with Crippen LogP contribution in [0.5, 0.6) is 0 Å². The normalized spacial score (nSPS) is 16.2. The molecule has 0 amide bonds. The first-order valence-corrected chi connectivity index (χ1v) is 8.11. The van der Waals surface area contributed by atoms with Crippen LogP contribution in [0.25, 0.3) is 6.08 Å². The minimum absolute atomic E-state index is 0.0693. The molecule has 2 heteroatoms. The van der Waals surface area contributed by atoms with Crippen molar-refractivity contribution in [1.29, 1.82) is 0 Å². The third kappa shape index (κ3) is 4.10. The Bertz CT molecular complexity index is 633. The molecule has 122 valence electrons. The minimum Gasteiger partial charge on any atom is -0.380 e. The molecule has 2 rings (SSSR count). The van der Waals surface area contributed by atoms with Crippen molar-refractivity contribution in [3.05, 3.63) is 77.4 Å². The monoisotopic (exact) mass is 309 g/mol. The molecule has 0 heterocycles. The van der Waals surface area contributed by atoms with Gasteiger partial charge in [-0.2, -0.15) is 0 Å². The number of nitrogens with zero attached hydrogens (tertiary/aromatic N) is 1. The lowest BCUT2D eigenvalue weighted by Crippen LogP contribution is -2.40. The zero-order chi connectivity index (χ0) is 16.9. The van der Waals surface area contributed by atoms with E-state index in [0.717, 1.165) is 23.2 Å². The van der Waals surface area contributed by atoms with Gasteiger partial charge in [0.2, 0.25) is 0 Å². The van der Waals surface area contributed by atoms with Gasteiger partial charge in [0.05, 0.1) is 0 Å². The van der Waals surface area contributed by atoms with E-state index in [1.807, 2.05) is 69.6 Å². The molecule has 0 saturated heterocycles. The molecule has 0 fully saturated rings. The molecule has 0 radical (unpaired) electrons. The van der Waals surface area contributed by atoms with E-state index in [2.05, 4.69) is 30.0 Å². The Kier molecular flexibility index (Phi) is 5.75. The van der Waals surface area contributed by atoms with E-state index < -0.39 is 5.60 Å². The van der Waals surface area contributed by atoms with Crippen molar-refractivity contribution < 1.29 is 5.11 Å². The van der Waals surface area contributed by atoms with Crippen molar-refractivity contribution in [2.45, 2.75) is 19.4 Å². The SMILES string of the molecule is CC(=Cc1ccccc1)C(O)(c1ccccc1)C(C)CN(C)C. The molecule has 2 aromatic carbocycles. The van der Waals surface area contributed by atoms with Crippen LogP contribution in [0.15, 0.2) is 66.2 Å². The Hall–Kier alpha value is -1.90. The van der Waals surface area contributed by atoms with Crippen LogP contribution in [-0.2, 0) is 5.60 Å². The fourth-order valence-corrected chi connectivity index (χ4v) is 3.18. The van der Waals surface area contributed by atoms with Crippen LogP contribution in [0, 0.1) is 5.92 Å². The molecule has 0 aliphatic rings.